The minimum Gasteiger partial charge on any atom is -0.207 e. The van der Waals surface area contributed by atoms with Crippen molar-refractivity contribution < 1.29 is 11.7 Å². The van der Waals surface area contributed by atoms with Crippen LogP contribution in [0.5, 0.6) is 0 Å². The van der Waals surface area contributed by atoms with Crippen LogP contribution in [0.1, 0.15) is 59.0 Å². The molecule has 0 fully saturated rings. The van der Waals surface area contributed by atoms with Gasteiger partial charge in [0.25, 0.3) is 0 Å². The van der Waals surface area contributed by atoms with E-state index >= 15 is 0 Å². The fraction of sp³-hybridized carbons (Fsp3) is 0.348. The first-order chi connectivity index (χ1) is 12.6. The molecule has 3 rings (SSSR count). The van der Waals surface area contributed by atoms with Crippen molar-refractivity contribution >= 4 is 10.8 Å². The summed E-state index contributed by atoms with van der Waals surface area (Å²) in [5.74, 6) is 0.370. The average molecular weight is 338 g/mol. The second-order valence-corrected chi connectivity index (χ2v) is 7.43. The Bertz CT molecular complexity index is 1040. The highest BCUT2D eigenvalue weighted by Crippen LogP contribution is 2.35. The Kier molecular flexibility index (Phi) is 3.97. The fourth-order valence-corrected chi connectivity index (χ4v) is 3.47. The van der Waals surface area contributed by atoms with E-state index in [1.807, 2.05) is 7.05 Å². The Morgan fingerprint density at radius 1 is 1.04 bits per heavy atom. The van der Waals surface area contributed by atoms with Gasteiger partial charge in [-0.25, -0.2) is 8.96 Å². The standard InChI is InChI=1S/C23H27FN/c1-14(2)18-12-21(15(3)4)16(5)22(13-18)23-20-8-7-19(24)11-17(20)9-10-25(23)6/h7-15H,1-6H3/q+1/i9D,10D. The van der Waals surface area contributed by atoms with E-state index < -0.39 is 0 Å². The minimum atomic E-state index is -0.384. The van der Waals surface area contributed by atoms with Gasteiger partial charge in [-0.05, 0) is 65.1 Å². The summed E-state index contributed by atoms with van der Waals surface area (Å²) in [5, 5.41) is 1.28. The number of aromatic nitrogens is 1. The number of rotatable bonds is 3. The zero-order valence-corrected chi connectivity index (χ0v) is 15.9. The van der Waals surface area contributed by atoms with Crippen molar-refractivity contribution in [3.05, 3.63) is 65.1 Å². The summed E-state index contributed by atoms with van der Waals surface area (Å²) in [6.07, 6.45) is 0.0866. The average Bonchev–Trinajstić information content (AvgIpc) is 2.61. The molecule has 1 nitrogen and oxygen atoms in total. The van der Waals surface area contributed by atoms with Gasteiger partial charge in [0.1, 0.15) is 14.2 Å². The Labute approximate surface area is 152 Å². The summed E-state index contributed by atoms with van der Waals surface area (Å²) in [4.78, 5) is 0. The van der Waals surface area contributed by atoms with Crippen molar-refractivity contribution in [2.24, 2.45) is 7.05 Å². The lowest BCUT2D eigenvalue weighted by atomic mass is 9.86. The molecule has 0 aliphatic rings. The molecule has 0 N–H and O–H groups in total. The molecular formula is C23H27FN+. The van der Waals surface area contributed by atoms with Crippen LogP contribution in [0.25, 0.3) is 22.0 Å². The van der Waals surface area contributed by atoms with Crippen molar-refractivity contribution in [3.8, 4) is 11.3 Å². The first-order valence-electron chi connectivity index (χ1n) is 9.86. The zero-order valence-electron chi connectivity index (χ0n) is 17.9. The first-order valence-corrected chi connectivity index (χ1v) is 8.86. The number of benzene rings is 2. The quantitative estimate of drug-likeness (QED) is 0.514. The first kappa shape index (κ1) is 15.1. The van der Waals surface area contributed by atoms with E-state index in [-0.39, 0.29) is 18.0 Å². The third kappa shape index (κ3) is 3.18. The Morgan fingerprint density at radius 3 is 2.40 bits per heavy atom. The third-order valence-electron chi connectivity index (χ3n) is 4.94. The predicted molar refractivity (Wildman–Crippen MR) is 103 cm³/mol. The molecule has 0 unspecified atom stereocenters. The molecule has 0 saturated carbocycles. The molecule has 0 radical (unpaired) electrons. The third-order valence-corrected chi connectivity index (χ3v) is 4.94. The predicted octanol–water partition coefficient (Wildman–Crippen LogP) is 6.03. The number of pyridine rings is 1. The molecule has 0 aliphatic carbocycles. The van der Waals surface area contributed by atoms with Crippen molar-refractivity contribution in [1.29, 1.82) is 0 Å². The molecule has 0 spiro atoms. The van der Waals surface area contributed by atoms with Crippen LogP contribution in [0.15, 0.2) is 42.5 Å². The van der Waals surface area contributed by atoms with Crippen molar-refractivity contribution in [2.45, 2.75) is 46.5 Å². The highest BCUT2D eigenvalue weighted by molar-refractivity contribution is 5.93. The van der Waals surface area contributed by atoms with Gasteiger partial charge < -0.3 is 0 Å². The second kappa shape index (κ2) is 6.59. The van der Waals surface area contributed by atoms with Crippen molar-refractivity contribution in [1.82, 2.24) is 0 Å². The van der Waals surface area contributed by atoms with Gasteiger partial charge in [-0.1, -0.05) is 33.8 Å². The van der Waals surface area contributed by atoms with Crippen LogP contribution < -0.4 is 4.57 Å². The van der Waals surface area contributed by atoms with Crippen LogP contribution in [0.3, 0.4) is 0 Å². The summed E-state index contributed by atoms with van der Waals surface area (Å²) in [5.41, 5.74) is 5.63. The fourth-order valence-electron chi connectivity index (χ4n) is 3.47. The monoisotopic (exact) mass is 338 g/mol. The maximum absolute atomic E-state index is 13.9. The topological polar surface area (TPSA) is 3.88 Å². The highest BCUT2D eigenvalue weighted by atomic mass is 19.1. The summed E-state index contributed by atoms with van der Waals surface area (Å²) >= 11 is 0. The van der Waals surface area contributed by atoms with E-state index in [1.54, 1.807) is 10.6 Å². The molecule has 2 heteroatoms. The van der Waals surface area contributed by atoms with Crippen LogP contribution in [-0.4, -0.2) is 0 Å². The van der Waals surface area contributed by atoms with Gasteiger partial charge in [0.2, 0.25) is 5.69 Å². The Morgan fingerprint density at radius 2 is 1.76 bits per heavy atom. The number of halogens is 1. The molecule has 2 aromatic carbocycles. The molecule has 0 aliphatic heterocycles. The van der Waals surface area contributed by atoms with Gasteiger partial charge in [0, 0.05) is 6.04 Å². The van der Waals surface area contributed by atoms with Crippen LogP contribution in [0.4, 0.5) is 4.39 Å². The Balaban J connectivity index is 2.49. The van der Waals surface area contributed by atoms with Crippen LogP contribution in [-0.2, 0) is 7.05 Å². The zero-order chi connectivity index (χ0) is 20.0. The lowest BCUT2D eigenvalue weighted by Gasteiger charge is -2.18. The lowest BCUT2D eigenvalue weighted by Crippen LogP contribution is -2.31. The summed E-state index contributed by atoms with van der Waals surface area (Å²) < 4.78 is 32.3. The van der Waals surface area contributed by atoms with Gasteiger partial charge in [-0.2, -0.15) is 0 Å². The number of hydrogen-bond donors (Lipinski definition) is 0. The minimum absolute atomic E-state index is 0.0532. The number of fused-ring (bicyclic) bond motifs is 1. The van der Waals surface area contributed by atoms with Gasteiger partial charge in [-0.3, -0.25) is 0 Å². The second-order valence-electron chi connectivity index (χ2n) is 7.43. The van der Waals surface area contributed by atoms with Gasteiger partial charge in [0.05, 0.1) is 12.3 Å². The molecule has 1 aromatic heterocycles. The SMILES string of the molecule is [2H]c1c([2H])[n+](C)c(-c2cc(C(C)C)cc(C(C)C)c2C)c2ccc(F)cc12. The van der Waals surface area contributed by atoms with Crippen molar-refractivity contribution in [3.63, 3.8) is 0 Å². The maximum Gasteiger partial charge on any atom is 0.220 e. The van der Waals surface area contributed by atoms with Crippen LogP contribution in [0.2, 0.25) is 0 Å². The largest absolute Gasteiger partial charge is 0.220 e. The summed E-state index contributed by atoms with van der Waals surface area (Å²) in [7, 11) is 1.81. The molecule has 0 atom stereocenters. The molecule has 0 bridgehead atoms. The molecule has 1 heterocycles. The molecule has 0 saturated heterocycles. The lowest BCUT2D eigenvalue weighted by molar-refractivity contribution is -0.659. The van der Waals surface area contributed by atoms with E-state index in [0.717, 1.165) is 16.6 Å². The van der Waals surface area contributed by atoms with E-state index in [9.17, 15) is 4.39 Å². The van der Waals surface area contributed by atoms with Gasteiger partial charge in [0.15, 0.2) is 6.17 Å². The van der Waals surface area contributed by atoms with Crippen LogP contribution >= 0.6 is 0 Å². The normalized spacial score (nSPS) is 12.8. The number of hydrogen-bond acceptors (Lipinski definition) is 0. The van der Waals surface area contributed by atoms with Crippen molar-refractivity contribution in [2.75, 3.05) is 0 Å². The smallest absolute Gasteiger partial charge is 0.207 e. The Hall–Kier alpha value is -2.22. The number of nitrogens with zero attached hydrogens (tertiary/aromatic N) is 1. The highest BCUT2D eigenvalue weighted by Gasteiger charge is 2.21. The van der Waals surface area contributed by atoms with Gasteiger partial charge >= 0.3 is 0 Å². The molecular weight excluding hydrogens is 309 g/mol. The van der Waals surface area contributed by atoms with E-state index in [2.05, 4.69) is 46.8 Å². The van der Waals surface area contributed by atoms with Gasteiger partial charge in [-0.15, -0.1) is 0 Å². The molecule has 130 valence electrons. The van der Waals surface area contributed by atoms with E-state index in [4.69, 9.17) is 2.74 Å². The maximum atomic E-state index is 13.9. The van der Waals surface area contributed by atoms with E-state index in [0.29, 0.717) is 17.2 Å². The van der Waals surface area contributed by atoms with Crippen LogP contribution in [0, 0.1) is 12.7 Å². The summed E-state index contributed by atoms with van der Waals surface area (Å²) in [6.45, 7) is 10.8. The molecule has 3 aromatic rings. The molecule has 0 amide bonds. The summed E-state index contributed by atoms with van der Waals surface area (Å²) in [6, 6.07) is 9.04. The van der Waals surface area contributed by atoms with E-state index in [1.165, 1.54) is 28.8 Å². The molecule has 25 heavy (non-hydrogen) atoms.